The van der Waals surface area contributed by atoms with Gasteiger partial charge in [0.25, 0.3) is 0 Å². The largest absolute Gasteiger partial charge is 0.493 e. The predicted octanol–water partition coefficient (Wildman–Crippen LogP) is 6.33. The molecule has 0 radical (unpaired) electrons. The van der Waals surface area contributed by atoms with Crippen molar-refractivity contribution in [2.75, 3.05) is 7.11 Å². The van der Waals surface area contributed by atoms with Crippen LogP contribution in [0.4, 0.5) is 0 Å². The third kappa shape index (κ3) is 4.87. The molecule has 4 aromatic carbocycles. The van der Waals surface area contributed by atoms with Gasteiger partial charge in [0.1, 0.15) is 0 Å². The maximum Gasteiger partial charge on any atom is 0.363 e. The van der Waals surface area contributed by atoms with E-state index < -0.39 is 11.9 Å². The van der Waals surface area contributed by atoms with Gasteiger partial charge < -0.3 is 14.2 Å². The average molecular weight is 589 g/mol. The maximum atomic E-state index is 12.6. The molecule has 1 heterocycles. The van der Waals surface area contributed by atoms with Crippen LogP contribution in [0.15, 0.2) is 89.6 Å². The summed E-state index contributed by atoms with van der Waals surface area (Å²) in [5.41, 5.74) is 3.03. The van der Waals surface area contributed by atoms with Gasteiger partial charge in [-0.2, -0.15) is 0 Å². The summed E-state index contributed by atoms with van der Waals surface area (Å²) in [4.78, 5) is 29.6. The predicted molar refractivity (Wildman–Crippen MR) is 146 cm³/mol. The molecule has 0 saturated carbocycles. The van der Waals surface area contributed by atoms with E-state index in [4.69, 9.17) is 14.2 Å². The maximum absolute atomic E-state index is 12.6. The van der Waals surface area contributed by atoms with Crippen molar-refractivity contribution in [1.82, 2.24) is 0 Å². The van der Waals surface area contributed by atoms with E-state index in [9.17, 15) is 9.59 Å². The Balaban J connectivity index is 1.43. The Morgan fingerprint density at radius 1 is 0.972 bits per heavy atom. The first kappa shape index (κ1) is 23.7. The van der Waals surface area contributed by atoms with Gasteiger partial charge >= 0.3 is 11.9 Å². The molecule has 1 aliphatic heterocycles. The summed E-state index contributed by atoms with van der Waals surface area (Å²) < 4.78 is 17.2. The van der Waals surface area contributed by atoms with Crippen molar-refractivity contribution >= 4 is 57.3 Å². The molecule has 1 aliphatic rings. The Hall–Kier alpha value is -3.98. The minimum atomic E-state index is -0.540. The second kappa shape index (κ2) is 9.94. The van der Waals surface area contributed by atoms with Gasteiger partial charge in [0.15, 0.2) is 17.2 Å². The third-order valence-corrected chi connectivity index (χ3v) is 6.46. The number of carbonyl (C=O) groups is 2. The fourth-order valence-electron chi connectivity index (χ4n) is 3.78. The Bertz CT molecular complexity index is 1570. The number of methoxy groups -OCH3 is 1. The number of benzene rings is 4. The zero-order valence-electron chi connectivity index (χ0n) is 19.4. The number of esters is 2. The Kier molecular flexibility index (Phi) is 6.56. The first-order chi connectivity index (χ1) is 17.4. The Morgan fingerprint density at radius 3 is 2.47 bits per heavy atom. The van der Waals surface area contributed by atoms with Crippen LogP contribution in [0.3, 0.4) is 0 Å². The van der Waals surface area contributed by atoms with Crippen LogP contribution >= 0.6 is 22.6 Å². The van der Waals surface area contributed by atoms with E-state index >= 15 is 0 Å². The zero-order chi connectivity index (χ0) is 25.2. The lowest BCUT2D eigenvalue weighted by atomic mass is 10.1. The normalized spacial score (nSPS) is 14.0. The molecule has 0 bridgehead atoms. The van der Waals surface area contributed by atoms with Crippen molar-refractivity contribution in [3.63, 3.8) is 0 Å². The molecule has 4 aromatic rings. The zero-order valence-corrected chi connectivity index (χ0v) is 21.6. The molecule has 6 nitrogen and oxygen atoms in total. The summed E-state index contributed by atoms with van der Waals surface area (Å²) in [7, 11) is 1.49. The summed E-state index contributed by atoms with van der Waals surface area (Å²) in [6, 6.07) is 24.3. The van der Waals surface area contributed by atoms with Gasteiger partial charge in [-0.05, 0) is 88.3 Å². The molecule has 36 heavy (non-hydrogen) atoms. The molecule has 0 atom stereocenters. The van der Waals surface area contributed by atoms with Gasteiger partial charge in [0.2, 0.25) is 5.90 Å². The number of ether oxygens (including phenoxy) is 3. The Morgan fingerprint density at radius 2 is 1.72 bits per heavy atom. The van der Waals surface area contributed by atoms with Crippen LogP contribution in [-0.4, -0.2) is 24.9 Å². The van der Waals surface area contributed by atoms with Crippen LogP contribution in [0.1, 0.15) is 27.0 Å². The van der Waals surface area contributed by atoms with Crippen molar-refractivity contribution in [3.8, 4) is 11.5 Å². The van der Waals surface area contributed by atoms with Gasteiger partial charge in [-0.15, -0.1) is 0 Å². The first-order valence-corrected chi connectivity index (χ1v) is 12.2. The number of hydrogen-bond acceptors (Lipinski definition) is 6. The average Bonchev–Trinajstić information content (AvgIpc) is 3.25. The van der Waals surface area contributed by atoms with Gasteiger partial charge in [-0.3, -0.25) is 0 Å². The lowest BCUT2D eigenvalue weighted by molar-refractivity contribution is -0.129. The highest BCUT2D eigenvalue weighted by Crippen LogP contribution is 2.35. The molecule has 0 aliphatic carbocycles. The fraction of sp³-hybridized carbons (Fsp3) is 0.0690. The molecule has 0 fully saturated rings. The van der Waals surface area contributed by atoms with Crippen LogP contribution in [0.2, 0.25) is 0 Å². The molecule has 5 rings (SSSR count). The minimum Gasteiger partial charge on any atom is -0.493 e. The van der Waals surface area contributed by atoms with E-state index in [1.165, 1.54) is 7.11 Å². The van der Waals surface area contributed by atoms with Crippen molar-refractivity contribution in [1.29, 1.82) is 0 Å². The van der Waals surface area contributed by atoms with E-state index in [2.05, 4.69) is 27.6 Å². The highest BCUT2D eigenvalue weighted by molar-refractivity contribution is 14.1. The summed E-state index contributed by atoms with van der Waals surface area (Å²) in [6.07, 6.45) is 1.62. The van der Waals surface area contributed by atoms with Gasteiger partial charge in [-0.25, -0.2) is 14.6 Å². The van der Waals surface area contributed by atoms with Crippen LogP contribution in [0.25, 0.3) is 16.8 Å². The number of hydrogen-bond donors (Lipinski definition) is 0. The van der Waals surface area contributed by atoms with Crippen molar-refractivity contribution in [2.24, 2.45) is 4.99 Å². The number of carbonyl (C=O) groups excluding carboxylic acids is 2. The topological polar surface area (TPSA) is 74.2 Å². The van der Waals surface area contributed by atoms with Crippen molar-refractivity contribution in [2.45, 2.75) is 6.92 Å². The second-order valence-corrected chi connectivity index (χ2v) is 9.35. The third-order valence-electron chi connectivity index (χ3n) is 5.65. The van der Waals surface area contributed by atoms with Crippen LogP contribution in [-0.2, 0) is 9.53 Å². The molecule has 0 saturated heterocycles. The SMILES string of the molecule is COc1cc(/C=C2\N=C(c3ccc4ccccc4c3)OC2=O)cc(I)c1OC(=O)c1ccc(C)cc1. The van der Waals surface area contributed by atoms with Crippen molar-refractivity contribution in [3.05, 3.63) is 110 Å². The number of fused-ring (bicyclic) bond motifs is 1. The van der Waals surface area contributed by atoms with Gasteiger partial charge in [-0.1, -0.05) is 48.0 Å². The molecule has 0 N–H and O–H groups in total. The van der Waals surface area contributed by atoms with Crippen LogP contribution < -0.4 is 9.47 Å². The lowest BCUT2D eigenvalue weighted by Crippen LogP contribution is -2.10. The number of aryl methyl sites for hydroxylation is 1. The van der Waals surface area contributed by atoms with Gasteiger partial charge in [0, 0.05) is 5.56 Å². The number of halogens is 1. The fourth-order valence-corrected chi connectivity index (χ4v) is 4.51. The summed E-state index contributed by atoms with van der Waals surface area (Å²) in [5, 5.41) is 2.12. The summed E-state index contributed by atoms with van der Waals surface area (Å²) in [5.74, 6) is -0.106. The van der Waals surface area contributed by atoms with E-state index in [1.807, 2.05) is 61.5 Å². The highest BCUT2D eigenvalue weighted by atomic mass is 127. The molecule has 0 aromatic heterocycles. The molecule has 0 spiro atoms. The van der Waals surface area contributed by atoms with Crippen LogP contribution in [0, 0.1) is 10.5 Å². The number of aliphatic imine (C=N–C) groups is 1. The molecular weight excluding hydrogens is 569 g/mol. The number of nitrogens with zero attached hydrogens (tertiary/aromatic N) is 1. The number of cyclic esters (lactones) is 1. The smallest absolute Gasteiger partial charge is 0.363 e. The van der Waals surface area contributed by atoms with E-state index in [-0.39, 0.29) is 11.6 Å². The minimum absolute atomic E-state index is 0.167. The van der Waals surface area contributed by atoms with E-state index in [1.54, 1.807) is 30.3 Å². The quantitative estimate of drug-likeness (QED) is 0.118. The summed E-state index contributed by atoms with van der Waals surface area (Å²) >= 11 is 2.07. The molecule has 178 valence electrons. The second-order valence-electron chi connectivity index (χ2n) is 8.19. The molecular formula is C29H20INO5. The van der Waals surface area contributed by atoms with E-state index in [0.29, 0.717) is 26.2 Å². The monoisotopic (exact) mass is 589 g/mol. The van der Waals surface area contributed by atoms with Gasteiger partial charge in [0.05, 0.1) is 16.2 Å². The summed E-state index contributed by atoms with van der Waals surface area (Å²) in [6.45, 7) is 1.95. The van der Waals surface area contributed by atoms with Crippen LogP contribution in [0.5, 0.6) is 11.5 Å². The molecule has 7 heteroatoms. The first-order valence-electron chi connectivity index (χ1n) is 11.1. The standard InChI is InChI=1S/C29H20INO5/c1-17-7-9-20(10-8-17)28(32)35-26-23(30)13-18(15-25(26)34-2)14-24-29(33)36-27(31-24)22-12-11-19-5-3-4-6-21(19)16-22/h3-16H,1-2H3/b24-14-. The Labute approximate surface area is 221 Å². The lowest BCUT2D eigenvalue weighted by Gasteiger charge is -2.12. The van der Waals surface area contributed by atoms with Crippen molar-refractivity contribution < 1.29 is 23.8 Å². The number of rotatable bonds is 5. The molecule has 0 unspecified atom stereocenters. The molecule has 0 amide bonds. The highest BCUT2D eigenvalue weighted by Gasteiger charge is 2.25. The van der Waals surface area contributed by atoms with E-state index in [0.717, 1.165) is 21.9 Å².